The Balaban J connectivity index is 2.32. The van der Waals surface area contributed by atoms with E-state index in [9.17, 15) is 8.78 Å². The summed E-state index contributed by atoms with van der Waals surface area (Å²) in [6.45, 7) is 1.77. The number of aryl methyl sites for hydroxylation is 1. The van der Waals surface area contributed by atoms with Gasteiger partial charge in [-0.25, -0.2) is 13.8 Å². The van der Waals surface area contributed by atoms with Crippen LogP contribution in [0.5, 0.6) is 0 Å². The van der Waals surface area contributed by atoms with Crippen molar-refractivity contribution >= 4 is 27.5 Å². The van der Waals surface area contributed by atoms with Crippen LogP contribution >= 0.6 is 27.5 Å². The monoisotopic (exact) mass is 382 g/mol. The van der Waals surface area contributed by atoms with E-state index < -0.39 is 11.6 Å². The van der Waals surface area contributed by atoms with Crippen LogP contribution in [0.2, 0.25) is 5.02 Å². The largest absolute Gasteiger partial charge is 0.295 e. The summed E-state index contributed by atoms with van der Waals surface area (Å²) in [5.41, 5.74) is 0.929. The summed E-state index contributed by atoms with van der Waals surface area (Å²) < 4.78 is 30.4. The minimum Gasteiger partial charge on any atom is -0.295 e. The maximum absolute atomic E-state index is 14.2. The van der Waals surface area contributed by atoms with Gasteiger partial charge in [0.1, 0.15) is 22.1 Å². The minimum atomic E-state index is -0.643. The first-order valence-electron chi connectivity index (χ1n) is 6.44. The molecule has 0 aliphatic heterocycles. The van der Waals surface area contributed by atoms with Crippen LogP contribution in [-0.4, -0.2) is 9.55 Å². The number of imidazole rings is 1. The Hall–Kier alpha value is -1.72. The highest BCUT2D eigenvalue weighted by molar-refractivity contribution is 9.10. The molecule has 112 valence electrons. The van der Waals surface area contributed by atoms with E-state index in [1.165, 1.54) is 18.2 Å². The quantitative estimate of drug-likeness (QED) is 0.568. The van der Waals surface area contributed by atoms with Gasteiger partial charge < -0.3 is 0 Å². The Bertz CT molecular complexity index is 824. The van der Waals surface area contributed by atoms with Crippen molar-refractivity contribution in [2.75, 3.05) is 0 Å². The van der Waals surface area contributed by atoms with Crippen molar-refractivity contribution in [1.82, 2.24) is 9.55 Å². The molecule has 22 heavy (non-hydrogen) atoms. The molecule has 1 aromatic heterocycles. The van der Waals surface area contributed by atoms with Gasteiger partial charge in [-0.3, -0.25) is 4.57 Å². The number of hydrogen-bond donors (Lipinski definition) is 0. The lowest BCUT2D eigenvalue weighted by molar-refractivity contribution is 0.588. The first-order chi connectivity index (χ1) is 10.5. The topological polar surface area (TPSA) is 17.8 Å². The number of hydrogen-bond acceptors (Lipinski definition) is 1. The van der Waals surface area contributed by atoms with Crippen molar-refractivity contribution in [3.8, 4) is 16.9 Å². The molecular formula is C16H10BrClF2N2. The second-order valence-corrected chi connectivity index (χ2v) is 5.89. The molecule has 6 heteroatoms. The average molecular weight is 384 g/mol. The minimum absolute atomic E-state index is 0.120. The number of benzene rings is 2. The standard InChI is InChI=1S/C16H10BrClF2N2/c1-9-21-16(17)15(14-12(19)3-2-4-13(14)20)22(9)11-7-5-10(18)6-8-11/h2-8H,1H3. The zero-order valence-electron chi connectivity index (χ0n) is 11.4. The van der Waals surface area contributed by atoms with Crippen LogP contribution < -0.4 is 0 Å². The van der Waals surface area contributed by atoms with E-state index >= 15 is 0 Å². The molecule has 0 amide bonds. The van der Waals surface area contributed by atoms with Gasteiger partial charge in [0.05, 0.1) is 11.3 Å². The predicted molar refractivity (Wildman–Crippen MR) is 86.4 cm³/mol. The van der Waals surface area contributed by atoms with E-state index in [2.05, 4.69) is 20.9 Å². The van der Waals surface area contributed by atoms with E-state index in [1.807, 2.05) is 0 Å². The molecule has 0 fully saturated rings. The van der Waals surface area contributed by atoms with Crippen LogP contribution in [0.25, 0.3) is 16.9 Å². The van der Waals surface area contributed by atoms with Gasteiger partial charge >= 0.3 is 0 Å². The van der Waals surface area contributed by atoms with E-state index in [0.717, 1.165) is 5.69 Å². The lowest BCUT2D eigenvalue weighted by Crippen LogP contribution is -2.02. The third-order valence-electron chi connectivity index (χ3n) is 3.29. The van der Waals surface area contributed by atoms with Gasteiger partial charge in [-0.2, -0.15) is 0 Å². The molecular weight excluding hydrogens is 374 g/mol. The summed E-state index contributed by atoms with van der Waals surface area (Å²) in [6, 6.07) is 10.7. The Morgan fingerprint density at radius 2 is 1.64 bits per heavy atom. The normalized spacial score (nSPS) is 11.0. The fourth-order valence-corrected chi connectivity index (χ4v) is 3.10. The van der Waals surface area contributed by atoms with Gasteiger partial charge in [0.15, 0.2) is 0 Å². The molecule has 0 atom stereocenters. The summed E-state index contributed by atoms with van der Waals surface area (Å²) in [4.78, 5) is 4.28. The summed E-state index contributed by atoms with van der Waals surface area (Å²) in [7, 11) is 0. The van der Waals surface area contributed by atoms with Crippen molar-refractivity contribution in [3.05, 3.63) is 69.5 Å². The molecule has 0 saturated heterocycles. The SMILES string of the molecule is Cc1nc(Br)c(-c2c(F)cccc2F)n1-c1ccc(Cl)cc1. The molecule has 0 saturated carbocycles. The van der Waals surface area contributed by atoms with Gasteiger partial charge in [-0.05, 0) is 59.3 Å². The molecule has 1 heterocycles. The zero-order valence-corrected chi connectivity index (χ0v) is 13.8. The number of aromatic nitrogens is 2. The van der Waals surface area contributed by atoms with E-state index in [4.69, 9.17) is 11.6 Å². The van der Waals surface area contributed by atoms with Gasteiger partial charge in [-0.1, -0.05) is 17.7 Å². The predicted octanol–water partition coefficient (Wildman–Crippen LogP) is 5.54. The molecule has 2 aromatic carbocycles. The lowest BCUT2D eigenvalue weighted by Gasteiger charge is -2.12. The summed E-state index contributed by atoms with van der Waals surface area (Å²) in [5, 5.41) is 0.583. The highest BCUT2D eigenvalue weighted by atomic mass is 79.9. The van der Waals surface area contributed by atoms with Crippen molar-refractivity contribution < 1.29 is 8.78 Å². The van der Waals surface area contributed by atoms with E-state index in [0.29, 0.717) is 21.1 Å². The zero-order chi connectivity index (χ0) is 15.9. The smallest absolute Gasteiger partial charge is 0.135 e. The van der Waals surface area contributed by atoms with Crippen LogP contribution in [0.4, 0.5) is 8.78 Å². The first-order valence-corrected chi connectivity index (χ1v) is 7.61. The molecule has 0 unspecified atom stereocenters. The number of rotatable bonds is 2. The summed E-state index contributed by atoms with van der Waals surface area (Å²) in [5.74, 6) is -0.682. The Kier molecular flexibility index (Phi) is 4.02. The average Bonchev–Trinajstić information content (AvgIpc) is 2.75. The van der Waals surface area contributed by atoms with Crippen LogP contribution in [0.3, 0.4) is 0 Å². The third-order valence-corrected chi connectivity index (χ3v) is 4.09. The van der Waals surface area contributed by atoms with Crippen molar-refractivity contribution in [1.29, 1.82) is 0 Å². The molecule has 0 aliphatic rings. The molecule has 2 nitrogen and oxygen atoms in total. The highest BCUT2D eigenvalue weighted by Crippen LogP contribution is 2.35. The molecule has 0 N–H and O–H groups in total. The molecule has 0 radical (unpaired) electrons. The van der Waals surface area contributed by atoms with Crippen molar-refractivity contribution in [3.63, 3.8) is 0 Å². The summed E-state index contributed by atoms with van der Waals surface area (Å²) >= 11 is 9.19. The Morgan fingerprint density at radius 3 is 2.23 bits per heavy atom. The van der Waals surface area contributed by atoms with Crippen molar-refractivity contribution in [2.45, 2.75) is 6.92 Å². The second kappa shape index (κ2) is 5.82. The van der Waals surface area contributed by atoms with Crippen LogP contribution in [0.1, 0.15) is 5.82 Å². The van der Waals surface area contributed by atoms with E-state index in [-0.39, 0.29) is 5.56 Å². The fourth-order valence-electron chi connectivity index (χ4n) is 2.34. The van der Waals surface area contributed by atoms with Crippen LogP contribution in [0, 0.1) is 18.6 Å². The van der Waals surface area contributed by atoms with Crippen LogP contribution in [0.15, 0.2) is 47.1 Å². The molecule has 0 aliphatic carbocycles. The molecule has 0 bridgehead atoms. The number of nitrogens with zero attached hydrogens (tertiary/aromatic N) is 2. The Morgan fingerprint density at radius 1 is 1.05 bits per heavy atom. The summed E-state index contributed by atoms with van der Waals surface area (Å²) in [6.07, 6.45) is 0. The maximum Gasteiger partial charge on any atom is 0.135 e. The third kappa shape index (κ3) is 2.55. The molecule has 3 rings (SSSR count). The first kappa shape index (κ1) is 15.2. The van der Waals surface area contributed by atoms with Gasteiger partial charge in [0.2, 0.25) is 0 Å². The fraction of sp³-hybridized carbons (Fsp3) is 0.0625. The van der Waals surface area contributed by atoms with E-state index in [1.54, 1.807) is 35.8 Å². The lowest BCUT2D eigenvalue weighted by atomic mass is 10.1. The number of halogens is 4. The van der Waals surface area contributed by atoms with Crippen molar-refractivity contribution in [2.24, 2.45) is 0 Å². The van der Waals surface area contributed by atoms with Gasteiger partial charge in [0.25, 0.3) is 0 Å². The van der Waals surface area contributed by atoms with Gasteiger partial charge in [-0.15, -0.1) is 0 Å². The second-order valence-electron chi connectivity index (χ2n) is 4.71. The molecule has 3 aromatic rings. The van der Waals surface area contributed by atoms with Crippen LogP contribution in [-0.2, 0) is 0 Å². The Labute approximate surface area is 139 Å². The van der Waals surface area contributed by atoms with Gasteiger partial charge in [0, 0.05) is 10.7 Å². The molecule has 0 spiro atoms. The maximum atomic E-state index is 14.2. The highest BCUT2D eigenvalue weighted by Gasteiger charge is 2.22.